The molecule has 0 fully saturated rings. The predicted octanol–water partition coefficient (Wildman–Crippen LogP) is 3.60. The van der Waals surface area contributed by atoms with E-state index in [2.05, 4.69) is 10.5 Å². The molecular weight excluding hydrogens is 297 g/mol. The summed E-state index contributed by atoms with van der Waals surface area (Å²) in [6.45, 7) is 0. The minimum absolute atomic E-state index is 0.00776. The van der Waals surface area contributed by atoms with Gasteiger partial charge in [-0.2, -0.15) is 5.26 Å². The van der Waals surface area contributed by atoms with Gasteiger partial charge >= 0.3 is 0 Å². The lowest BCUT2D eigenvalue weighted by Gasteiger charge is -2.02. The highest BCUT2D eigenvalue weighted by molar-refractivity contribution is 6.02. The average molecular weight is 307 g/mol. The van der Waals surface area contributed by atoms with Crippen LogP contribution in [0.3, 0.4) is 0 Å². The van der Waals surface area contributed by atoms with E-state index in [0.717, 1.165) is 0 Å². The molecule has 5 nitrogen and oxygen atoms in total. The van der Waals surface area contributed by atoms with E-state index >= 15 is 0 Å². The van der Waals surface area contributed by atoms with E-state index in [0.29, 0.717) is 22.5 Å². The van der Waals surface area contributed by atoms with Crippen LogP contribution < -0.4 is 5.32 Å². The van der Waals surface area contributed by atoms with Crippen molar-refractivity contribution in [3.8, 4) is 17.3 Å². The number of anilines is 1. The molecule has 0 atom stereocenters. The van der Waals surface area contributed by atoms with Crippen LogP contribution in [0.5, 0.6) is 0 Å². The number of benzene rings is 2. The Balaban J connectivity index is 1.80. The number of aromatic nitrogens is 1. The largest absolute Gasteiger partial charge is 0.350 e. The lowest BCUT2D eigenvalue weighted by atomic mass is 10.1. The second-order valence-electron chi connectivity index (χ2n) is 4.73. The first-order valence-corrected chi connectivity index (χ1v) is 6.70. The monoisotopic (exact) mass is 307 g/mol. The van der Waals surface area contributed by atoms with Crippen molar-refractivity contribution in [1.29, 1.82) is 5.26 Å². The first-order valence-electron chi connectivity index (χ1n) is 6.70. The van der Waals surface area contributed by atoms with Crippen molar-refractivity contribution in [2.24, 2.45) is 0 Å². The molecule has 0 radical (unpaired) electrons. The maximum atomic E-state index is 13.2. The van der Waals surface area contributed by atoms with Gasteiger partial charge in [-0.15, -0.1) is 0 Å². The molecule has 112 valence electrons. The van der Waals surface area contributed by atoms with Gasteiger partial charge in [0.25, 0.3) is 5.91 Å². The molecule has 0 bridgehead atoms. The Morgan fingerprint density at radius 2 is 2.00 bits per heavy atom. The number of nitrogens with one attached hydrogen (secondary N) is 1. The topological polar surface area (TPSA) is 78.9 Å². The Bertz CT molecular complexity index is 912. The zero-order valence-electron chi connectivity index (χ0n) is 11.8. The minimum Gasteiger partial charge on any atom is -0.350 e. The molecule has 0 spiro atoms. The van der Waals surface area contributed by atoms with Gasteiger partial charge in [0.2, 0.25) is 5.76 Å². The number of halogens is 1. The average Bonchev–Trinajstić information content (AvgIpc) is 3.05. The molecule has 0 aliphatic heterocycles. The molecule has 0 aliphatic carbocycles. The highest BCUT2D eigenvalue weighted by Crippen LogP contribution is 2.20. The van der Waals surface area contributed by atoms with Crippen LogP contribution in [-0.4, -0.2) is 11.1 Å². The number of nitrogens with zero attached hydrogens (tertiary/aromatic N) is 2. The Labute approximate surface area is 131 Å². The van der Waals surface area contributed by atoms with Crippen LogP contribution in [0.15, 0.2) is 59.1 Å². The molecule has 6 heteroatoms. The van der Waals surface area contributed by atoms with Crippen molar-refractivity contribution in [3.63, 3.8) is 0 Å². The molecule has 1 N–H and O–H groups in total. The third-order valence-electron chi connectivity index (χ3n) is 3.10. The summed E-state index contributed by atoms with van der Waals surface area (Å²) in [4.78, 5) is 12.1. The maximum absolute atomic E-state index is 13.2. The summed E-state index contributed by atoms with van der Waals surface area (Å²) in [7, 11) is 0. The molecular formula is C17H10FN3O2. The summed E-state index contributed by atoms with van der Waals surface area (Å²) >= 11 is 0. The Morgan fingerprint density at radius 3 is 2.78 bits per heavy atom. The molecule has 0 saturated carbocycles. The van der Waals surface area contributed by atoms with E-state index in [1.165, 1.54) is 18.2 Å². The van der Waals surface area contributed by atoms with Crippen LogP contribution in [0.4, 0.5) is 10.1 Å². The Kier molecular flexibility index (Phi) is 3.85. The van der Waals surface area contributed by atoms with Crippen LogP contribution in [0, 0.1) is 17.1 Å². The molecule has 1 heterocycles. The van der Waals surface area contributed by atoms with Gasteiger partial charge in [-0.1, -0.05) is 23.4 Å². The molecule has 3 aromatic rings. The molecule has 0 saturated heterocycles. The van der Waals surface area contributed by atoms with Crippen LogP contribution >= 0.6 is 0 Å². The van der Waals surface area contributed by atoms with E-state index in [1.807, 2.05) is 6.07 Å². The van der Waals surface area contributed by atoms with E-state index < -0.39 is 11.7 Å². The lowest BCUT2D eigenvalue weighted by molar-refractivity contribution is 0.0988. The lowest BCUT2D eigenvalue weighted by Crippen LogP contribution is -2.10. The van der Waals surface area contributed by atoms with Crippen molar-refractivity contribution >= 4 is 11.6 Å². The fourth-order valence-corrected chi connectivity index (χ4v) is 2.03. The molecule has 3 rings (SSSR count). The molecule has 0 aliphatic rings. The summed E-state index contributed by atoms with van der Waals surface area (Å²) in [6.07, 6.45) is 0. The standard InChI is InChI=1S/C17H10FN3O2/c18-13-5-2-4-12(8-13)15-9-16(23-21-15)17(22)20-14-6-1-3-11(7-14)10-19/h1-9H,(H,20,22). The second kappa shape index (κ2) is 6.12. The minimum atomic E-state index is -0.504. The van der Waals surface area contributed by atoms with Gasteiger partial charge in [-0.25, -0.2) is 4.39 Å². The van der Waals surface area contributed by atoms with Crippen molar-refractivity contribution in [1.82, 2.24) is 5.16 Å². The zero-order chi connectivity index (χ0) is 16.2. The summed E-state index contributed by atoms with van der Waals surface area (Å²) < 4.78 is 18.2. The van der Waals surface area contributed by atoms with E-state index in [-0.39, 0.29) is 5.76 Å². The SMILES string of the molecule is N#Cc1cccc(NC(=O)c2cc(-c3cccc(F)c3)no2)c1. The van der Waals surface area contributed by atoms with Crippen LogP contribution in [0.2, 0.25) is 0 Å². The van der Waals surface area contributed by atoms with E-state index in [4.69, 9.17) is 9.78 Å². The van der Waals surface area contributed by atoms with Crippen molar-refractivity contribution in [2.75, 3.05) is 5.32 Å². The molecule has 1 aromatic heterocycles. The molecule has 23 heavy (non-hydrogen) atoms. The summed E-state index contributed by atoms with van der Waals surface area (Å²) in [6, 6.07) is 15.7. The molecule has 2 aromatic carbocycles. The van der Waals surface area contributed by atoms with E-state index in [1.54, 1.807) is 36.4 Å². The number of nitriles is 1. The summed E-state index contributed by atoms with van der Waals surface area (Å²) in [5, 5.41) is 15.2. The summed E-state index contributed by atoms with van der Waals surface area (Å²) in [5.74, 6) is -0.910. The third kappa shape index (κ3) is 3.24. The number of hydrogen-bond donors (Lipinski definition) is 1. The highest BCUT2D eigenvalue weighted by Gasteiger charge is 2.14. The zero-order valence-corrected chi connectivity index (χ0v) is 11.8. The van der Waals surface area contributed by atoms with Gasteiger partial charge in [0.05, 0.1) is 11.6 Å². The van der Waals surface area contributed by atoms with Crippen LogP contribution in [0.25, 0.3) is 11.3 Å². The number of rotatable bonds is 3. The van der Waals surface area contributed by atoms with Crippen molar-refractivity contribution in [3.05, 3.63) is 71.7 Å². The number of carbonyl (C=O) groups excluding carboxylic acids is 1. The van der Waals surface area contributed by atoms with Gasteiger partial charge < -0.3 is 9.84 Å². The first-order chi connectivity index (χ1) is 11.2. The van der Waals surface area contributed by atoms with Gasteiger partial charge in [-0.05, 0) is 30.3 Å². The fraction of sp³-hybridized carbons (Fsp3) is 0. The van der Waals surface area contributed by atoms with Gasteiger partial charge in [-0.3, -0.25) is 4.79 Å². The molecule has 1 amide bonds. The van der Waals surface area contributed by atoms with E-state index in [9.17, 15) is 9.18 Å². The van der Waals surface area contributed by atoms with Crippen molar-refractivity contribution < 1.29 is 13.7 Å². The number of hydrogen-bond acceptors (Lipinski definition) is 4. The second-order valence-corrected chi connectivity index (χ2v) is 4.73. The Hall–Kier alpha value is -3.46. The van der Waals surface area contributed by atoms with Crippen molar-refractivity contribution in [2.45, 2.75) is 0 Å². The predicted molar refractivity (Wildman–Crippen MR) is 81.0 cm³/mol. The fourth-order valence-electron chi connectivity index (χ4n) is 2.03. The third-order valence-corrected chi connectivity index (χ3v) is 3.10. The van der Waals surface area contributed by atoms with Gasteiger partial charge in [0, 0.05) is 17.3 Å². The van der Waals surface area contributed by atoms with Gasteiger partial charge in [0.1, 0.15) is 11.5 Å². The Morgan fingerprint density at radius 1 is 1.17 bits per heavy atom. The normalized spacial score (nSPS) is 10.1. The first kappa shape index (κ1) is 14.5. The number of amides is 1. The van der Waals surface area contributed by atoms with Gasteiger partial charge in [0.15, 0.2) is 0 Å². The van der Waals surface area contributed by atoms with Crippen LogP contribution in [-0.2, 0) is 0 Å². The highest BCUT2D eigenvalue weighted by atomic mass is 19.1. The maximum Gasteiger partial charge on any atom is 0.294 e. The molecule has 0 unspecified atom stereocenters. The smallest absolute Gasteiger partial charge is 0.294 e. The summed E-state index contributed by atoms with van der Waals surface area (Å²) in [5.41, 5.74) is 1.78. The van der Waals surface area contributed by atoms with Crippen LogP contribution in [0.1, 0.15) is 16.1 Å². The quantitative estimate of drug-likeness (QED) is 0.801. The number of carbonyl (C=O) groups is 1.